The second-order valence-corrected chi connectivity index (χ2v) is 11.3. The highest BCUT2D eigenvalue weighted by Gasteiger charge is 2.57. The zero-order valence-corrected chi connectivity index (χ0v) is 23.9. The molecular weight excluding hydrogens is 561 g/mol. The smallest absolute Gasteiger partial charge is 0.257 e. The average molecular weight is 591 g/mol. The number of rotatable bonds is 7. The molecule has 1 N–H and O–H groups in total. The maximum absolute atomic E-state index is 16.4. The van der Waals surface area contributed by atoms with Gasteiger partial charge in [-0.2, -0.15) is 0 Å². The molecule has 2 aromatic carbocycles. The van der Waals surface area contributed by atoms with Crippen molar-refractivity contribution in [3.8, 4) is 0 Å². The summed E-state index contributed by atoms with van der Waals surface area (Å²) < 4.78 is 38.8. The van der Waals surface area contributed by atoms with E-state index in [2.05, 4.69) is 9.97 Å². The van der Waals surface area contributed by atoms with Crippen molar-refractivity contribution in [3.63, 3.8) is 0 Å². The molecule has 2 aliphatic heterocycles. The SMILES string of the molecule is CCC(O)(c1cc(F)c2c(c1)C(=O)N(Cc1ncc(Cl)cn1)[C@]2(OC)c1ccc(Cl)cc1)C1(F)CCN(C)CC1. The van der Waals surface area contributed by atoms with Crippen LogP contribution in [-0.4, -0.2) is 63.7 Å². The van der Waals surface area contributed by atoms with Crippen LogP contribution in [0, 0.1) is 5.82 Å². The molecule has 11 heteroatoms. The van der Waals surface area contributed by atoms with Crippen LogP contribution < -0.4 is 0 Å². The minimum Gasteiger partial charge on any atom is -0.382 e. The Morgan fingerprint density at radius 2 is 1.73 bits per heavy atom. The number of hydrogen-bond donors (Lipinski definition) is 1. The molecule has 1 fully saturated rings. The van der Waals surface area contributed by atoms with Crippen molar-refractivity contribution >= 4 is 29.1 Å². The van der Waals surface area contributed by atoms with E-state index >= 15 is 8.78 Å². The van der Waals surface area contributed by atoms with Crippen LogP contribution in [0.4, 0.5) is 8.78 Å². The molecule has 7 nitrogen and oxygen atoms in total. The summed E-state index contributed by atoms with van der Waals surface area (Å²) in [6.45, 7) is 2.41. The Bertz CT molecular complexity index is 1420. The lowest BCUT2D eigenvalue weighted by Crippen LogP contribution is -2.54. The topological polar surface area (TPSA) is 78.8 Å². The van der Waals surface area contributed by atoms with Crippen molar-refractivity contribution in [2.24, 2.45) is 0 Å². The number of carbonyl (C=O) groups excluding carboxylic acids is 1. The molecule has 5 rings (SSSR count). The fraction of sp³-hybridized carbons (Fsp3) is 0.414. The highest BCUT2D eigenvalue weighted by atomic mass is 35.5. The van der Waals surface area contributed by atoms with Crippen molar-refractivity contribution < 1.29 is 23.4 Å². The maximum Gasteiger partial charge on any atom is 0.257 e. The number of amides is 1. The standard InChI is InChI=1S/C29H30Cl2F2N4O3/c1-4-28(39,27(33)9-11-36(2)12-10-27)19-13-22-25(23(32)14-19)29(40-3,18-5-7-20(30)8-6-18)37(26(22)38)17-24-34-15-21(31)16-35-24/h5-8,13-16,39H,4,9-12,17H2,1-3H3/t28?,29-/m0/s1. The van der Waals surface area contributed by atoms with E-state index < -0.39 is 28.7 Å². The van der Waals surface area contributed by atoms with E-state index in [1.165, 1.54) is 30.5 Å². The van der Waals surface area contributed by atoms with Crippen molar-refractivity contribution in [1.82, 2.24) is 19.8 Å². The summed E-state index contributed by atoms with van der Waals surface area (Å²) >= 11 is 12.1. The van der Waals surface area contributed by atoms with Gasteiger partial charge >= 0.3 is 0 Å². The lowest BCUT2D eigenvalue weighted by molar-refractivity contribution is -0.136. The number of alkyl halides is 1. The molecule has 1 amide bonds. The highest BCUT2D eigenvalue weighted by Crippen LogP contribution is 2.51. The van der Waals surface area contributed by atoms with Gasteiger partial charge in [-0.1, -0.05) is 42.3 Å². The number of methoxy groups -OCH3 is 1. The van der Waals surface area contributed by atoms with Crippen LogP contribution in [0.15, 0.2) is 48.8 Å². The monoisotopic (exact) mass is 590 g/mol. The van der Waals surface area contributed by atoms with Gasteiger partial charge in [-0.3, -0.25) is 9.69 Å². The molecule has 40 heavy (non-hydrogen) atoms. The Hall–Kier alpha value is -2.69. The number of halogens is 4. The first-order valence-electron chi connectivity index (χ1n) is 13.0. The van der Waals surface area contributed by atoms with Crippen LogP contribution in [-0.2, 0) is 22.6 Å². The predicted molar refractivity (Wildman–Crippen MR) is 147 cm³/mol. The average Bonchev–Trinajstić information content (AvgIpc) is 3.19. The molecule has 3 aromatic rings. The number of ether oxygens (including phenoxy) is 1. The van der Waals surface area contributed by atoms with Gasteiger partial charge in [-0.15, -0.1) is 0 Å². The third kappa shape index (κ3) is 4.48. The Kier molecular flexibility index (Phi) is 7.65. The summed E-state index contributed by atoms with van der Waals surface area (Å²) in [6.07, 6.45) is 2.95. The van der Waals surface area contributed by atoms with Gasteiger partial charge in [0.2, 0.25) is 0 Å². The number of carbonyl (C=O) groups is 1. The van der Waals surface area contributed by atoms with Crippen LogP contribution in [0.1, 0.15) is 59.1 Å². The summed E-state index contributed by atoms with van der Waals surface area (Å²) in [5.41, 5.74) is -5.35. The summed E-state index contributed by atoms with van der Waals surface area (Å²) in [4.78, 5) is 25.8. The van der Waals surface area contributed by atoms with Crippen LogP contribution in [0.2, 0.25) is 10.0 Å². The summed E-state index contributed by atoms with van der Waals surface area (Å²) in [6, 6.07) is 9.05. The molecule has 0 bridgehead atoms. The number of nitrogens with zero attached hydrogens (tertiary/aromatic N) is 4. The number of aromatic nitrogens is 2. The maximum atomic E-state index is 16.4. The number of piperidine rings is 1. The second kappa shape index (κ2) is 10.6. The van der Waals surface area contributed by atoms with Crippen LogP contribution >= 0.6 is 23.2 Å². The third-order valence-corrected chi connectivity index (χ3v) is 8.75. The Morgan fingerprint density at radius 1 is 1.10 bits per heavy atom. The first kappa shape index (κ1) is 28.8. The van der Waals surface area contributed by atoms with Gasteiger partial charge in [-0.25, -0.2) is 18.7 Å². The van der Waals surface area contributed by atoms with Gasteiger partial charge in [0, 0.05) is 43.2 Å². The largest absolute Gasteiger partial charge is 0.382 e. The zero-order chi connectivity index (χ0) is 28.9. The van der Waals surface area contributed by atoms with Gasteiger partial charge in [-0.05, 0) is 56.1 Å². The van der Waals surface area contributed by atoms with Gasteiger partial charge in [0.25, 0.3) is 5.91 Å². The molecule has 2 aliphatic rings. The molecular formula is C29H30Cl2F2N4O3. The van der Waals surface area contributed by atoms with Gasteiger partial charge in [0.1, 0.15) is 22.9 Å². The van der Waals surface area contributed by atoms with Gasteiger partial charge in [0.15, 0.2) is 5.72 Å². The molecule has 1 aromatic heterocycles. The van der Waals surface area contributed by atoms with Crippen molar-refractivity contribution in [2.75, 3.05) is 27.2 Å². The Labute approximate surface area is 241 Å². The van der Waals surface area contributed by atoms with E-state index in [0.29, 0.717) is 28.7 Å². The van der Waals surface area contributed by atoms with E-state index in [1.54, 1.807) is 31.2 Å². The molecule has 1 unspecified atom stereocenters. The van der Waals surface area contributed by atoms with Crippen LogP contribution in [0.5, 0.6) is 0 Å². The number of benzene rings is 2. The first-order chi connectivity index (χ1) is 19.0. The number of hydrogen-bond acceptors (Lipinski definition) is 6. The van der Waals surface area contributed by atoms with E-state index in [4.69, 9.17) is 27.9 Å². The van der Waals surface area contributed by atoms with E-state index in [0.717, 1.165) is 6.07 Å². The minimum absolute atomic E-state index is 0.00539. The van der Waals surface area contributed by atoms with Crippen LogP contribution in [0.25, 0.3) is 0 Å². The minimum atomic E-state index is -2.01. The molecule has 0 radical (unpaired) electrons. The fourth-order valence-corrected chi connectivity index (χ4v) is 6.22. The summed E-state index contributed by atoms with van der Waals surface area (Å²) in [5, 5.41) is 12.6. The van der Waals surface area contributed by atoms with E-state index in [-0.39, 0.29) is 48.3 Å². The third-order valence-electron chi connectivity index (χ3n) is 8.30. The number of likely N-dealkylation sites (tertiary alicyclic amines) is 1. The summed E-state index contributed by atoms with van der Waals surface area (Å²) in [7, 11) is 3.26. The lowest BCUT2D eigenvalue weighted by atomic mass is 9.71. The highest BCUT2D eigenvalue weighted by molar-refractivity contribution is 6.30. The Morgan fingerprint density at radius 3 is 2.30 bits per heavy atom. The van der Waals surface area contributed by atoms with E-state index in [9.17, 15) is 9.90 Å². The predicted octanol–water partition coefficient (Wildman–Crippen LogP) is 5.46. The first-order valence-corrected chi connectivity index (χ1v) is 13.8. The molecule has 3 heterocycles. The van der Waals surface area contributed by atoms with Crippen molar-refractivity contribution in [1.29, 1.82) is 0 Å². The van der Waals surface area contributed by atoms with Crippen molar-refractivity contribution in [3.05, 3.63) is 92.7 Å². The second-order valence-electron chi connectivity index (χ2n) is 10.4. The molecule has 2 atom stereocenters. The molecule has 0 saturated carbocycles. The molecule has 0 aliphatic carbocycles. The summed E-state index contributed by atoms with van der Waals surface area (Å²) in [5.74, 6) is -1.14. The number of fused-ring (bicyclic) bond motifs is 1. The zero-order valence-electron chi connectivity index (χ0n) is 22.4. The molecule has 1 saturated heterocycles. The van der Waals surface area contributed by atoms with E-state index in [1.807, 2.05) is 11.9 Å². The fourth-order valence-electron chi connectivity index (χ4n) is 6.00. The quantitative estimate of drug-likeness (QED) is 0.394. The van der Waals surface area contributed by atoms with Crippen LogP contribution in [0.3, 0.4) is 0 Å². The number of aliphatic hydroxyl groups is 1. The molecule has 212 valence electrons. The Balaban J connectivity index is 1.69. The lowest BCUT2D eigenvalue weighted by Gasteiger charge is -2.45. The molecule has 0 spiro atoms. The van der Waals surface area contributed by atoms with Crippen molar-refractivity contribution in [2.45, 2.75) is 49.7 Å². The van der Waals surface area contributed by atoms with Gasteiger partial charge in [0.05, 0.1) is 22.7 Å². The van der Waals surface area contributed by atoms with Gasteiger partial charge < -0.3 is 14.7 Å². The normalized spacial score (nSPS) is 22.3.